The predicted molar refractivity (Wildman–Crippen MR) is 93.1 cm³/mol. The number of carbonyl (C=O) groups is 3. The van der Waals surface area contributed by atoms with Crippen LogP contribution in [-0.4, -0.2) is 41.4 Å². The van der Waals surface area contributed by atoms with Gasteiger partial charge in [-0.1, -0.05) is 11.3 Å². The molecule has 142 valence electrons. The highest BCUT2D eigenvalue weighted by Gasteiger charge is 2.55. The van der Waals surface area contributed by atoms with Crippen molar-refractivity contribution in [3.63, 3.8) is 0 Å². The van der Waals surface area contributed by atoms with Gasteiger partial charge in [0.2, 0.25) is 5.91 Å². The molecule has 2 aliphatic rings. The Bertz CT molecular complexity index is 995. The van der Waals surface area contributed by atoms with Crippen molar-refractivity contribution < 1.29 is 23.2 Å². The summed E-state index contributed by atoms with van der Waals surface area (Å²) in [6.45, 7) is -0.350. The molecule has 10 heteroatoms. The molecule has 2 aromatic rings. The minimum absolute atomic E-state index is 0.213. The van der Waals surface area contributed by atoms with Crippen LogP contribution in [0, 0.1) is 11.6 Å². The van der Waals surface area contributed by atoms with Crippen LogP contribution >= 0.6 is 0 Å². The average Bonchev–Trinajstić information content (AvgIpc) is 3.16. The van der Waals surface area contributed by atoms with Crippen LogP contribution in [0.5, 0.6) is 0 Å². The zero-order valence-corrected chi connectivity index (χ0v) is 14.3. The molecule has 0 radical (unpaired) electrons. The van der Waals surface area contributed by atoms with Gasteiger partial charge >= 0.3 is 0 Å². The van der Waals surface area contributed by atoms with Gasteiger partial charge in [-0.2, -0.15) is 5.11 Å². The highest BCUT2D eigenvalue weighted by molar-refractivity contribution is 6.25. The fourth-order valence-electron chi connectivity index (χ4n) is 3.11. The first kappa shape index (κ1) is 17.7. The lowest BCUT2D eigenvalue weighted by Gasteiger charge is -2.20. The van der Waals surface area contributed by atoms with Crippen molar-refractivity contribution in [2.24, 2.45) is 10.3 Å². The molecule has 0 unspecified atom stereocenters. The Morgan fingerprint density at radius 2 is 1.79 bits per heavy atom. The summed E-state index contributed by atoms with van der Waals surface area (Å²) in [5.74, 6) is -2.77. The topological polar surface area (TPSA) is 94.4 Å². The van der Waals surface area contributed by atoms with E-state index in [0.717, 1.165) is 28.1 Å². The zero-order chi connectivity index (χ0) is 19.8. The molecule has 1 N–H and O–H groups in total. The third-order valence-electron chi connectivity index (χ3n) is 4.36. The van der Waals surface area contributed by atoms with E-state index < -0.39 is 41.4 Å². The maximum Gasteiger partial charge on any atom is 0.263 e. The summed E-state index contributed by atoms with van der Waals surface area (Å²) < 4.78 is 26.3. The first-order chi connectivity index (χ1) is 13.4. The van der Waals surface area contributed by atoms with E-state index in [0.29, 0.717) is 0 Å². The maximum absolute atomic E-state index is 13.2. The number of hydrogen-bond acceptors (Lipinski definition) is 6. The molecule has 0 spiro atoms. The summed E-state index contributed by atoms with van der Waals surface area (Å²) in [4.78, 5) is 38.4. The summed E-state index contributed by atoms with van der Waals surface area (Å²) in [5, 5.41) is 11.2. The van der Waals surface area contributed by atoms with Crippen LogP contribution in [0.4, 0.5) is 20.2 Å². The standard InChI is InChI=1S/C18H13F2N5O3/c19-10-4-6-13(7-5-10)25-17(27)15-16(18(25)28)24(23-22-15)9-14(26)21-12-3-1-2-11(20)8-12/h1-8,15-16H,9H2,(H,21,26)/t15-,16-/m1/s1. The molecule has 4 rings (SSSR count). The van der Waals surface area contributed by atoms with Gasteiger partial charge in [-0.15, -0.1) is 0 Å². The molecular weight excluding hydrogens is 372 g/mol. The van der Waals surface area contributed by atoms with Crippen LogP contribution in [0.2, 0.25) is 0 Å². The molecule has 0 saturated carbocycles. The fraction of sp³-hybridized carbons (Fsp3) is 0.167. The van der Waals surface area contributed by atoms with E-state index >= 15 is 0 Å². The van der Waals surface area contributed by atoms with Gasteiger partial charge in [0, 0.05) is 5.69 Å². The number of nitrogens with zero attached hydrogens (tertiary/aromatic N) is 4. The van der Waals surface area contributed by atoms with Gasteiger partial charge in [-0.05, 0) is 42.5 Å². The Kier molecular flexibility index (Phi) is 4.30. The average molecular weight is 385 g/mol. The monoisotopic (exact) mass is 385 g/mol. The van der Waals surface area contributed by atoms with E-state index in [4.69, 9.17) is 0 Å². The molecule has 0 aromatic heterocycles. The van der Waals surface area contributed by atoms with Crippen LogP contribution < -0.4 is 10.2 Å². The van der Waals surface area contributed by atoms with Crippen molar-refractivity contribution in [1.29, 1.82) is 0 Å². The molecule has 2 atom stereocenters. The summed E-state index contributed by atoms with van der Waals surface area (Å²) in [6.07, 6.45) is 0. The number of carbonyl (C=O) groups excluding carboxylic acids is 3. The minimum atomic E-state index is -1.07. The van der Waals surface area contributed by atoms with Gasteiger partial charge < -0.3 is 5.32 Å². The van der Waals surface area contributed by atoms with Crippen LogP contribution in [0.1, 0.15) is 0 Å². The third kappa shape index (κ3) is 3.08. The van der Waals surface area contributed by atoms with Crippen LogP contribution in [0.25, 0.3) is 0 Å². The second-order valence-corrected chi connectivity index (χ2v) is 6.24. The third-order valence-corrected chi connectivity index (χ3v) is 4.36. The second kappa shape index (κ2) is 6.80. The van der Waals surface area contributed by atoms with Crippen molar-refractivity contribution in [2.45, 2.75) is 12.1 Å². The lowest BCUT2D eigenvalue weighted by Crippen LogP contribution is -2.43. The van der Waals surface area contributed by atoms with Crippen molar-refractivity contribution in [2.75, 3.05) is 16.8 Å². The minimum Gasteiger partial charge on any atom is -0.324 e. The number of rotatable bonds is 4. The molecule has 1 saturated heterocycles. The molecule has 28 heavy (non-hydrogen) atoms. The molecule has 1 fully saturated rings. The smallest absolute Gasteiger partial charge is 0.263 e. The van der Waals surface area contributed by atoms with E-state index in [2.05, 4.69) is 15.7 Å². The van der Waals surface area contributed by atoms with E-state index in [1.807, 2.05) is 0 Å². The number of halogens is 2. The number of amides is 3. The molecular formula is C18H13F2N5O3. The van der Waals surface area contributed by atoms with Crippen molar-refractivity contribution in [3.8, 4) is 0 Å². The number of anilines is 2. The molecule has 0 bridgehead atoms. The highest BCUT2D eigenvalue weighted by Crippen LogP contribution is 2.31. The van der Waals surface area contributed by atoms with Gasteiger partial charge in [0.1, 0.15) is 18.2 Å². The van der Waals surface area contributed by atoms with Crippen LogP contribution in [-0.2, 0) is 14.4 Å². The van der Waals surface area contributed by atoms with E-state index in [1.165, 1.54) is 30.3 Å². The summed E-state index contributed by atoms with van der Waals surface area (Å²) in [7, 11) is 0. The normalized spacial score (nSPS) is 20.6. The second-order valence-electron chi connectivity index (χ2n) is 6.24. The Morgan fingerprint density at radius 3 is 2.50 bits per heavy atom. The maximum atomic E-state index is 13.2. The molecule has 8 nitrogen and oxygen atoms in total. The Hall–Kier alpha value is -3.69. The first-order valence-electron chi connectivity index (χ1n) is 8.30. The van der Waals surface area contributed by atoms with E-state index in [1.54, 1.807) is 0 Å². The number of imide groups is 1. The van der Waals surface area contributed by atoms with Crippen LogP contribution in [0.3, 0.4) is 0 Å². The lowest BCUT2D eigenvalue weighted by atomic mass is 10.1. The van der Waals surface area contributed by atoms with E-state index in [-0.39, 0.29) is 17.9 Å². The fourth-order valence-corrected chi connectivity index (χ4v) is 3.11. The van der Waals surface area contributed by atoms with Crippen molar-refractivity contribution >= 4 is 29.1 Å². The van der Waals surface area contributed by atoms with Crippen molar-refractivity contribution in [3.05, 3.63) is 60.2 Å². The van der Waals surface area contributed by atoms with Crippen molar-refractivity contribution in [1.82, 2.24) is 5.01 Å². The predicted octanol–water partition coefficient (Wildman–Crippen LogP) is 1.90. The molecule has 3 amide bonds. The summed E-state index contributed by atoms with van der Waals surface area (Å²) in [6, 6.07) is 8.09. The van der Waals surface area contributed by atoms with E-state index in [9.17, 15) is 23.2 Å². The summed E-state index contributed by atoms with van der Waals surface area (Å²) in [5.41, 5.74) is 0.463. The van der Waals surface area contributed by atoms with Gasteiger partial charge in [-0.3, -0.25) is 19.4 Å². The van der Waals surface area contributed by atoms with Crippen LogP contribution in [0.15, 0.2) is 58.9 Å². The Labute approximate surface area is 157 Å². The number of benzene rings is 2. The number of fused-ring (bicyclic) bond motifs is 1. The van der Waals surface area contributed by atoms with Gasteiger partial charge in [0.25, 0.3) is 11.8 Å². The van der Waals surface area contributed by atoms with Gasteiger partial charge in [0.15, 0.2) is 12.1 Å². The Morgan fingerprint density at radius 1 is 1.04 bits per heavy atom. The molecule has 2 aromatic carbocycles. The number of hydrogen-bond donors (Lipinski definition) is 1. The number of nitrogens with one attached hydrogen (secondary N) is 1. The highest BCUT2D eigenvalue weighted by atomic mass is 19.1. The SMILES string of the molecule is O=C(CN1N=N[C@H]2C(=O)N(c3ccc(F)cc3)C(=O)[C@@H]21)Nc1cccc(F)c1. The zero-order valence-electron chi connectivity index (χ0n) is 14.3. The molecule has 2 aliphatic heterocycles. The largest absolute Gasteiger partial charge is 0.324 e. The molecule has 2 heterocycles. The van der Waals surface area contributed by atoms with Gasteiger partial charge in [0.05, 0.1) is 5.69 Å². The molecule has 0 aliphatic carbocycles. The lowest BCUT2D eigenvalue weighted by molar-refractivity contribution is -0.123. The van der Waals surface area contributed by atoms with Gasteiger partial charge in [-0.25, -0.2) is 13.7 Å². The first-order valence-corrected chi connectivity index (χ1v) is 8.30. The quantitative estimate of drug-likeness (QED) is 0.814. The Balaban J connectivity index is 1.48. The summed E-state index contributed by atoms with van der Waals surface area (Å²) >= 11 is 0.